The predicted molar refractivity (Wildman–Crippen MR) is 92.7 cm³/mol. The van der Waals surface area contributed by atoms with Crippen molar-refractivity contribution in [2.75, 3.05) is 19.8 Å². The molecule has 2 atom stereocenters. The lowest BCUT2D eigenvalue weighted by atomic mass is 9.91. The summed E-state index contributed by atoms with van der Waals surface area (Å²) in [5, 5.41) is 19.2. The lowest BCUT2D eigenvalue weighted by Crippen LogP contribution is -2.10. The van der Waals surface area contributed by atoms with Crippen LogP contribution in [0.1, 0.15) is 32.4 Å². The van der Waals surface area contributed by atoms with Crippen LogP contribution in [0.15, 0.2) is 48.1 Å². The highest BCUT2D eigenvalue weighted by atomic mass is 16.5. The van der Waals surface area contributed by atoms with Gasteiger partial charge in [0.1, 0.15) is 12.4 Å². The molecule has 0 bridgehead atoms. The maximum atomic E-state index is 11.2. The average molecular weight is 334 g/mol. The Labute approximate surface area is 143 Å². The second-order valence-electron chi connectivity index (χ2n) is 5.40. The molecule has 2 N–H and O–H groups in total. The normalized spacial score (nSPS) is 14.5. The van der Waals surface area contributed by atoms with Gasteiger partial charge in [-0.2, -0.15) is 0 Å². The van der Waals surface area contributed by atoms with Gasteiger partial charge >= 0.3 is 5.97 Å². The fourth-order valence-electron chi connectivity index (χ4n) is 2.08. The second kappa shape index (κ2) is 10.6. The number of ether oxygens (including phenoxy) is 2. The molecular formula is C19H26O5. The Balaban J connectivity index is 2.68. The first-order chi connectivity index (χ1) is 11.5. The molecule has 1 aromatic rings. The van der Waals surface area contributed by atoms with E-state index in [4.69, 9.17) is 14.6 Å². The highest BCUT2D eigenvalue weighted by Gasteiger charge is 2.17. The van der Waals surface area contributed by atoms with E-state index in [1.54, 1.807) is 43.3 Å². The van der Waals surface area contributed by atoms with Crippen molar-refractivity contribution in [3.8, 4) is 5.75 Å². The summed E-state index contributed by atoms with van der Waals surface area (Å²) in [7, 11) is 0. The summed E-state index contributed by atoms with van der Waals surface area (Å²) >= 11 is 0. The van der Waals surface area contributed by atoms with Crippen molar-refractivity contribution in [3.05, 3.63) is 53.6 Å². The zero-order chi connectivity index (χ0) is 17.9. The van der Waals surface area contributed by atoms with Crippen LogP contribution >= 0.6 is 0 Å². The number of carbonyl (C=O) groups is 1. The van der Waals surface area contributed by atoms with E-state index in [9.17, 15) is 9.90 Å². The van der Waals surface area contributed by atoms with Crippen LogP contribution in [-0.4, -0.2) is 36.0 Å². The van der Waals surface area contributed by atoms with E-state index in [1.807, 2.05) is 13.8 Å². The van der Waals surface area contributed by atoms with Crippen LogP contribution < -0.4 is 4.74 Å². The van der Waals surface area contributed by atoms with E-state index in [0.29, 0.717) is 12.4 Å². The fourth-order valence-corrected chi connectivity index (χ4v) is 2.08. The molecular weight excluding hydrogens is 308 g/mol. The molecule has 0 unspecified atom stereocenters. The Morgan fingerprint density at radius 1 is 1.29 bits per heavy atom. The summed E-state index contributed by atoms with van der Waals surface area (Å²) < 4.78 is 10.1. The fraction of sp³-hybridized carbons (Fsp3) is 0.421. The first-order valence-corrected chi connectivity index (χ1v) is 8.02. The quantitative estimate of drug-likeness (QED) is 0.412. The Morgan fingerprint density at radius 2 is 1.96 bits per heavy atom. The minimum Gasteiger partial charge on any atom is -0.491 e. The largest absolute Gasteiger partial charge is 0.491 e. The molecule has 24 heavy (non-hydrogen) atoms. The van der Waals surface area contributed by atoms with Crippen molar-refractivity contribution >= 4 is 5.97 Å². The highest BCUT2D eigenvalue weighted by molar-refractivity contribution is 5.82. The third-order valence-electron chi connectivity index (χ3n) is 3.65. The van der Waals surface area contributed by atoms with Crippen molar-refractivity contribution in [3.63, 3.8) is 0 Å². The molecule has 0 saturated heterocycles. The van der Waals surface area contributed by atoms with E-state index < -0.39 is 6.10 Å². The summed E-state index contributed by atoms with van der Waals surface area (Å²) in [6.45, 7) is 6.13. The van der Waals surface area contributed by atoms with Gasteiger partial charge in [-0.25, -0.2) is 4.79 Å². The molecule has 5 nitrogen and oxygen atoms in total. The molecule has 0 aliphatic rings. The van der Waals surface area contributed by atoms with Crippen LogP contribution in [0.2, 0.25) is 0 Å². The van der Waals surface area contributed by atoms with E-state index in [-0.39, 0.29) is 25.1 Å². The van der Waals surface area contributed by atoms with Crippen LogP contribution in [0.3, 0.4) is 0 Å². The maximum absolute atomic E-state index is 11.2. The molecule has 0 spiro atoms. The van der Waals surface area contributed by atoms with Gasteiger partial charge in [0.2, 0.25) is 0 Å². The number of aliphatic hydroxyl groups excluding tert-OH is 2. The Kier molecular flexibility index (Phi) is 8.83. The number of aliphatic hydroxyl groups is 2. The molecule has 0 heterocycles. The van der Waals surface area contributed by atoms with Crippen LogP contribution in [-0.2, 0) is 9.53 Å². The average Bonchev–Trinajstić information content (AvgIpc) is 2.59. The number of rotatable bonds is 9. The first kappa shape index (κ1) is 19.9. The van der Waals surface area contributed by atoms with Crippen LogP contribution in [0.4, 0.5) is 0 Å². The minimum atomic E-state index is -0.663. The molecule has 0 radical (unpaired) electrons. The lowest BCUT2D eigenvalue weighted by Gasteiger charge is -2.20. The predicted octanol–water partition coefficient (Wildman–Crippen LogP) is 2.79. The van der Waals surface area contributed by atoms with Gasteiger partial charge in [0, 0.05) is 12.0 Å². The van der Waals surface area contributed by atoms with Crippen LogP contribution in [0.25, 0.3) is 0 Å². The van der Waals surface area contributed by atoms with Crippen molar-refractivity contribution in [2.45, 2.75) is 26.9 Å². The molecule has 5 heteroatoms. The molecule has 0 saturated carbocycles. The Morgan fingerprint density at radius 3 is 2.54 bits per heavy atom. The van der Waals surface area contributed by atoms with E-state index in [2.05, 4.69) is 0 Å². The summed E-state index contributed by atoms with van der Waals surface area (Å²) in [6.07, 6.45) is 4.12. The van der Waals surface area contributed by atoms with Gasteiger partial charge in [-0.05, 0) is 31.5 Å². The van der Waals surface area contributed by atoms with Crippen molar-refractivity contribution in [1.82, 2.24) is 0 Å². The van der Waals surface area contributed by atoms with Gasteiger partial charge in [-0.15, -0.1) is 0 Å². The second-order valence-corrected chi connectivity index (χ2v) is 5.40. The zero-order valence-corrected chi connectivity index (χ0v) is 14.4. The summed E-state index contributed by atoms with van der Waals surface area (Å²) in [5.41, 5.74) is 1.73. The van der Waals surface area contributed by atoms with Crippen LogP contribution in [0, 0.1) is 5.92 Å². The summed E-state index contributed by atoms with van der Waals surface area (Å²) in [6, 6.07) is 7.13. The molecule has 0 amide bonds. The smallest absolute Gasteiger partial charge is 0.330 e. The maximum Gasteiger partial charge on any atom is 0.330 e. The molecule has 0 aliphatic heterocycles. The summed E-state index contributed by atoms with van der Waals surface area (Å²) in [5.74, 6) is 0.159. The number of benzene rings is 1. The Bertz CT molecular complexity index is 560. The molecule has 1 aromatic carbocycles. The van der Waals surface area contributed by atoms with Crippen molar-refractivity contribution in [2.24, 2.45) is 5.92 Å². The SMILES string of the molecule is CCOC(=O)/C=C/C=C(\C)[C@H](C)[C@@H](O)c1ccc(OCCO)cc1. The third kappa shape index (κ3) is 6.56. The zero-order valence-electron chi connectivity index (χ0n) is 14.4. The van der Waals surface area contributed by atoms with E-state index in [1.165, 1.54) is 6.08 Å². The monoisotopic (exact) mass is 334 g/mol. The van der Waals surface area contributed by atoms with Gasteiger partial charge in [-0.1, -0.05) is 36.8 Å². The number of carbonyl (C=O) groups excluding carboxylic acids is 1. The number of allylic oxidation sites excluding steroid dienone is 2. The first-order valence-electron chi connectivity index (χ1n) is 8.02. The molecule has 132 valence electrons. The van der Waals surface area contributed by atoms with Crippen LogP contribution in [0.5, 0.6) is 5.75 Å². The van der Waals surface area contributed by atoms with Gasteiger partial charge in [-0.3, -0.25) is 0 Å². The van der Waals surface area contributed by atoms with Gasteiger partial charge in [0.25, 0.3) is 0 Å². The third-order valence-corrected chi connectivity index (χ3v) is 3.65. The Hall–Kier alpha value is -2.11. The molecule has 0 aromatic heterocycles. The molecule has 0 fully saturated rings. The van der Waals surface area contributed by atoms with Gasteiger partial charge in [0.15, 0.2) is 0 Å². The van der Waals surface area contributed by atoms with E-state index >= 15 is 0 Å². The van der Waals surface area contributed by atoms with Crippen molar-refractivity contribution < 1.29 is 24.5 Å². The number of hydrogen-bond acceptors (Lipinski definition) is 5. The highest BCUT2D eigenvalue weighted by Crippen LogP contribution is 2.28. The van der Waals surface area contributed by atoms with Crippen molar-refractivity contribution in [1.29, 1.82) is 0 Å². The number of esters is 1. The minimum absolute atomic E-state index is 0.0370. The molecule has 0 aliphatic carbocycles. The topological polar surface area (TPSA) is 76.0 Å². The number of hydrogen-bond donors (Lipinski definition) is 2. The van der Waals surface area contributed by atoms with E-state index in [0.717, 1.165) is 11.1 Å². The van der Waals surface area contributed by atoms with Gasteiger partial charge < -0.3 is 19.7 Å². The van der Waals surface area contributed by atoms with Gasteiger partial charge in [0.05, 0.1) is 19.3 Å². The summed E-state index contributed by atoms with van der Waals surface area (Å²) in [4.78, 5) is 11.2. The lowest BCUT2D eigenvalue weighted by molar-refractivity contribution is -0.137. The molecule has 1 rings (SSSR count). The standard InChI is InChI=1S/C19H26O5/c1-4-23-18(21)7-5-6-14(2)15(3)19(22)16-8-10-17(11-9-16)24-13-12-20/h5-11,15,19-20,22H,4,12-13H2,1-3H3/b7-5+,14-6+/t15-,19+/m0/s1.